The smallest absolute Gasteiger partial charge is 0.254 e. The highest BCUT2D eigenvalue weighted by Crippen LogP contribution is 2.29. The molecule has 2 aromatic carbocycles. The van der Waals surface area contributed by atoms with Gasteiger partial charge in [-0.2, -0.15) is 0 Å². The molecular weight excluding hydrogens is 430 g/mol. The van der Waals surface area contributed by atoms with Crippen LogP contribution in [-0.2, 0) is 4.79 Å². The maximum Gasteiger partial charge on any atom is 0.254 e. The van der Waals surface area contributed by atoms with Crippen molar-refractivity contribution in [2.45, 2.75) is 32.9 Å². The quantitative estimate of drug-likeness (QED) is 0.598. The van der Waals surface area contributed by atoms with Crippen LogP contribution in [-0.4, -0.2) is 57.3 Å². The second-order valence-electron chi connectivity index (χ2n) is 8.49. The number of anilines is 2. The number of benzene rings is 2. The molecule has 0 bridgehead atoms. The van der Waals surface area contributed by atoms with Crippen LogP contribution < -0.4 is 10.1 Å². The first-order chi connectivity index (χ1) is 16.4. The van der Waals surface area contributed by atoms with Gasteiger partial charge in [0.2, 0.25) is 11.9 Å². The number of rotatable bonds is 6. The molecular formula is C26H29N5O3. The lowest BCUT2D eigenvalue weighted by molar-refractivity contribution is -0.131. The molecule has 0 spiro atoms. The van der Waals surface area contributed by atoms with E-state index in [1.54, 1.807) is 42.4 Å². The van der Waals surface area contributed by atoms with Gasteiger partial charge in [0.15, 0.2) is 0 Å². The van der Waals surface area contributed by atoms with Gasteiger partial charge in [0.1, 0.15) is 5.75 Å². The van der Waals surface area contributed by atoms with Crippen LogP contribution in [0.25, 0.3) is 0 Å². The number of carbonyl (C=O) groups is 2. The minimum atomic E-state index is -0.257. The summed E-state index contributed by atoms with van der Waals surface area (Å²) in [7, 11) is 0. The highest BCUT2D eigenvalue weighted by Gasteiger charge is 2.33. The summed E-state index contributed by atoms with van der Waals surface area (Å²) in [4.78, 5) is 37.7. The van der Waals surface area contributed by atoms with Gasteiger partial charge in [-0.1, -0.05) is 18.2 Å². The van der Waals surface area contributed by atoms with E-state index >= 15 is 0 Å². The molecule has 8 nitrogen and oxygen atoms in total. The number of hydrogen-bond acceptors (Lipinski definition) is 6. The van der Waals surface area contributed by atoms with Crippen molar-refractivity contribution in [3.05, 3.63) is 78.1 Å². The van der Waals surface area contributed by atoms with E-state index in [9.17, 15) is 9.59 Å². The fourth-order valence-corrected chi connectivity index (χ4v) is 4.03. The van der Waals surface area contributed by atoms with Crippen LogP contribution in [0.4, 0.5) is 11.6 Å². The molecule has 1 N–H and O–H groups in total. The van der Waals surface area contributed by atoms with Gasteiger partial charge in [-0.3, -0.25) is 9.59 Å². The second kappa shape index (κ2) is 10.3. The zero-order valence-electron chi connectivity index (χ0n) is 19.6. The van der Waals surface area contributed by atoms with Gasteiger partial charge in [0.05, 0.1) is 12.1 Å². The van der Waals surface area contributed by atoms with Crippen molar-refractivity contribution in [1.29, 1.82) is 0 Å². The third-order valence-electron chi connectivity index (χ3n) is 5.65. The van der Waals surface area contributed by atoms with Crippen LogP contribution in [0, 0.1) is 0 Å². The highest BCUT2D eigenvalue weighted by atomic mass is 16.5. The molecule has 2 heterocycles. The SMILES string of the molecule is CC(=O)N1CCN(C(=O)c2cccc(Nc3ncccn3)c2)[C@H](c2ccc(OC(C)C)cc2)C1. The number of nitrogens with zero attached hydrogens (tertiary/aromatic N) is 4. The van der Waals surface area contributed by atoms with Crippen LogP contribution >= 0.6 is 0 Å². The molecule has 1 saturated heterocycles. The summed E-state index contributed by atoms with van der Waals surface area (Å²) in [6, 6.07) is 16.5. The van der Waals surface area contributed by atoms with Crippen molar-refractivity contribution in [3.8, 4) is 5.75 Å². The first kappa shape index (κ1) is 23.2. The molecule has 4 rings (SSSR count). The Morgan fingerprint density at radius 1 is 1.03 bits per heavy atom. The van der Waals surface area contributed by atoms with Gasteiger partial charge in [0, 0.05) is 50.2 Å². The lowest BCUT2D eigenvalue weighted by atomic mass is 10.0. The molecule has 0 saturated carbocycles. The number of nitrogens with one attached hydrogen (secondary N) is 1. The second-order valence-corrected chi connectivity index (χ2v) is 8.49. The van der Waals surface area contributed by atoms with Crippen molar-refractivity contribution in [1.82, 2.24) is 19.8 Å². The molecule has 0 unspecified atom stereocenters. The summed E-state index contributed by atoms with van der Waals surface area (Å²) < 4.78 is 5.76. The van der Waals surface area contributed by atoms with Crippen molar-refractivity contribution >= 4 is 23.5 Å². The molecule has 0 aliphatic carbocycles. The fraction of sp³-hybridized carbons (Fsp3) is 0.308. The van der Waals surface area contributed by atoms with Crippen molar-refractivity contribution in [2.75, 3.05) is 25.0 Å². The molecule has 176 valence electrons. The lowest BCUT2D eigenvalue weighted by Gasteiger charge is -2.41. The largest absolute Gasteiger partial charge is 0.491 e. The Hall–Kier alpha value is -3.94. The molecule has 0 radical (unpaired) electrons. The van der Waals surface area contributed by atoms with Gasteiger partial charge < -0.3 is 19.9 Å². The highest BCUT2D eigenvalue weighted by molar-refractivity contribution is 5.95. The van der Waals surface area contributed by atoms with E-state index in [0.717, 1.165) is 17.0 Å². The van der Waals surface area contributed by atoms with Crippen LogP contribution in [0.2, 0.25) is 0 Å². The van der Waals surface area contributed by atoms with Crippen molar-refractivity contribution in [2.24, 2.45) is 0 Å². The Balaban J connectivity index is 1.58. The van der Waals surface area contributed by atoms with Crippen molar-refractivity contribution in [3.63, 3.8) is 0 Å². The summed E-state index contributed by atoms with van der Waals surface area (Å²) >= 11 is 0. The number of hydrogen-bond donors (Lipinski definition) is 1. The van der Waals surface area contributed by atoms with E-state index < -0.39 is 0 Å². The van der Waals surface area contributed by atoms with Gasteiger partial charge in [-0.25, -0.2) is 9.97 Å². The summed E-state index contributed by atoms with van der Waals surface area (Å²) in [5, 5.41) is 3.13. The van der Waals surface area contributed by atoms with E-state index in [0.29, 0.717) is 31.1 Å². The predicted octanol–water partition coefficient (Wildman–Crippen LogP) is 4.05. The zero-order chi connectivity index (χ0) is 24.1. The molecule has 1 aliphatic heterocycles. The average Bonchev–Trinajstić information content (AvgIpc) is 2.84. The van der Waals surface area contributed by atoms with Gasteiger partial charge in [-0.05, 0) is 55.8 Å². The number of amides is 2. The Morgan fingerprint density at radius 2 is 1.76 bits per heavy atom. The molecule has 8 heteroatoms. The maximum atomic E-state index is 13.6. The van der Waals surface area contributed by atoms with Gasteiger partial charge in [-0.15, -0.1) is 0 Å². The lowest BCUT2D eigenvalue weighted by Crippen LogP contribution is -2.51. The molecule has 1 atom stereocenters. The van der Waals surface area contributed by atoms with Crippen LogP contribution in [0.15, 0.2) is 67.0 Å². The van der Waals surface area contributed by atoms with E-state index in [1.807, 2.05) is 55.1 Å². The van der Waals surface area contributed by atoms with E-state index in [2.05, 4.69) is 15.3 Å². The topological polar surface area (TPSA) is 87.7 Å². The predicted molar refractivity (Wildman–Crippen MR) is 130 cm³/mol. The normalized spacial score (nSPS) is 15.8. The van der Waals surface area contributed by atoms with E-state index in [-0.39, 0.29) is 24.0 Å². The van der Waals surface area contributed by atoms with E-state index in [4.69, 9.17) is 4.74 Å². The number of carbonyl (C=O) groups excluding carboxylic acids is 2. The number of piperazine rings is 1. The van der Waals surface area contributed by atoms with Crippen molar-refractivity contribution < 1.29 is 14.3 Å². The standard InChI is InChI=1S/C26H29N5O3/c1-18(2)34-23-10-8-20(9-11-23)24-17-30(19(3)32)14-15-31(24)25(33)21-6-4-7-22(16-21)29-26-27-12-5-13-28-26/h4-13,16,18,24H,14-15,17H2,1-3H3,(H,27,28,29)/t24-/m0/s1. The van der Waals surface area contributed by atoms with Crippen LogP contribution in [0.3, 0.4) is 0 Å². The van der Waals surface area contributed by atoms with E-state index in [1.165, 1.54) is 0 Å². The summed E-state index contributed by atoms with van der Waals surface area (Å²) in [6.07, 6.45) is 3.39. The Kier molecular flexibility index (Phi) is 7.06. The summed E-state index contributed by atoms with van der Waals surface area (Å²) in [6.45, 7) is 6.92. The monoisotopic (exact) mass is 459 g/mol. The Bertz CT molecular complexity index is 1130. The molecule has 1 aromatic heterocycles. The zero-order valence-corrected chi connectivity index (χ0v) is 19.6. The molecule has 1 aliphatic rings. The summed E-state index contributed by atoms with van der Waals surface area (Å²) in [5.41, 5.74) is 2.25. The molecule has 3 aromatic rings. The Morgan fingerprint density at radius 3 is 2.44 bits per heavy atom. The first-order valence-corrected chi connectivity index (χ1v) is 11.4. The minimum absolute atomic E-state index is 0.00548. The minimum Gasteiger partial charge on any atom is -0.491 e. The number of ether oxygens (including phenoxy) is 1. The van der Waals surface area contributed by atoms with Crippen LogP contribution in [0.1, 0.15) is 42.7 Å². The maximum absolute atomic E-state index is 13.6. The summed E-state index contributed by atoms with van der Waals surface area (Å²) in [5.74, 6) is 1.15. The first-order valence-electron chi connectivity index (χ1n) is 11.4. The molecule has 34 heavy (non-hydrogen) atoms. The molecule has 1 fully saturated rings. The Labute approximate surface area is 199 Å². The van der Waals surface area contributed by atoms with Gasteiger partial charge >= 0.3 is 0 Å². The molecule has 2 amide bonds. The van der Waals surface area contributed by atoms with Gasteiger partial charge in [0.25, 0.3) is 5.91 Å². The van der Waals surface area contributed by atoms with Crippen LogP contribution in [0.5, 0.6) is 5.75 Å². The number of aromatic nitrogens is 2. The third-order valence-corrected chi connectivity index (χ3v) is 5.65. The third kappa shape index (κ3) is 5.51. The fourth-order valence-electron chi connectivity index (χ4n) is 4.03. The average molecular weight is 460 g/mol.